The van der Waals surface area contributed by atoms with Crippen molar-refractivity contribution in [3.05, 3.63) is 47.5 Å². The lowest BCUT2D eigenvalue weighted by atomic mass is 10.2. The molecule has 1 saturated heterocycles. The molecule has 2 aliphatic rings. The van der Waals surface area contributed by atoms with E-state index in [1.807, 2.05) is 47.7 Å². The van der Waals surface area contributed by atoms with Gasteiger partial charge in [-0.25, -0.2) is 0 Å². The number of amides is 1. The molecule has 0 spiro atoms. The van der Waals surface area contributed by atoms with Crippen LogP contribution in [0.5, 0.6) is 0 Å². The minimum Gasteiger partial charge on any atom is -0.587 e. The Hall–Kier alpha value is -1.94. The zero-order valence-electron chi connectivity index (χ0n) is 16.5. The number of para-hydroxylation sites is 1. The van der Waals surface area contributed by atoms with Gasteiger partial charge >= 0.3 is 0 Å². The van der Waals surface area contributed by atoms with E-state index >= 15 is 0 Å². The molecule has 30 heavy (non-hydrogen) atoms. The normalized spacial score (nSPS) is 20.0. The summed E-state index contributed by atoms with van der Waals surface area (Å²) in [6.07, 6.45) is 2.20. The molecule has 1 N–H and O–H groups in total. The number of nitrogens with zero attached hydrogens (tertiary/aromatic N) is 3. The van der Waals surface area contributed by atoms with Crippen molar-refractivity contribution in [2.45, 2.75) is 22.3 Å². The Morgan fingerprint density at radius 1 is 1.30 bits per heavy atom. The first-order chi connectivity index (χ1) is 14.6. The van der Waals surface area contributed by atoms with Crippen LogP contribution in [0, 0.1) is 0 Å². The highest BCUT2D eigenvalue weighted by atomic mass is 32.2. The predicted molar refractivity (Wildman–Crippen MR) is 126 cm³/mol. The van der Waals surface area contributed by atoms with Gasteiger partial charge in [0.2, 0.25) is 10.1 Å². The summed E-state index contributed by atoms with van der Waals surface area (Å²) in [5, 5.41) is 3.72. The number of aromatic amines is 1. The number of benzene rings is 1. The number of hydrogen-bond acceptors (Lipinski definition) is 6. The van der Waals surface area contributed by atoms with Crippen molar-refractivity contribution in [3.63, 3.8) is 0 Å². The second-order valence-corrected chi connectivity index (χ2v) is 11.3. The number of thiophene rings is 1. The van der Waals surface area contributed by atoms with Gasteiger partial charge in [0.15, 0.2) is 0 Å². The van der Waals surface area contributed by atoms with Gasteiger partial charge in [0.1, 0.15) is 27.3 Å². The molecule has 1 amide bonds. The van der Waals surface area contributed by atoms with Crippen LogP contribution in [0.1, 0.15) is 18.5 Å². The third kappa shape index (κ3) is 3.64. The molecule has 5 rings (SSSR count). The molecular weight excluding hydrogens is 436 g/mol. The fraction of sp³-hybridized carbons (Fsp3) is 0.333. The number of carbonyl (C=O) groups is 1. The zero-order chi connectivity index (χ0) is 20.7. The highest BCUT2D eigenvalue weighted by Crippen LogP contribution is 2.34. The van der Waals surface area contributed by atoms with Gasteiger partial charge in [0.05, 0.1) is 24.8 Å². The van der Waals surface area contributed by atoms with Gasteiger partial charge in [-0.2, -0.15) is 4.31 Å². The lowest BCUT2D eigenvalue weighted by molar-refractivity contribution is -0.129. The van der Waals surface area contributed by atoms with Crippen molar-refractivity contribution in [2.75, 3.05) is 31.0 Å². The molecule has 0 saturated carbocycles. The van der Waals surface area contributed by atoms with E-state index in [0.717, 1.165) is 57.5 Å². The Morgan fingerprint density at radius 3 is 2.90 bits per heavy atom. The van der Waals surface area contributed by atoms with Gasteiger partial charge in [-0.05, 0) is 36.4 Å². The van der Waals surface area contributed by atoms with Crippen LogP contribution >= 0.6 is 23.1 Å². The van der Waals surface area contributed by atoms with Gasteiger partial charge in [-0.1, -0.05) is 35.2 Å². The highest BCUT2D eigenvalue weighted by molar-refractivity contribution is 8.15. The second kappa shape index (κ2) is 8.30. The van der Waals surface area contributed by atoms with E-state index in [0.29, 0.717) is 6.54 Å². The number of likely N-dealkylation sites (tertiary alicyclic amines) is 1. The lowest BCUT2D eigenvalue weighted by Gasteiger charge is -2.20. The third-order valence-corrected chi connectivity index (χ3v) is 9.23. The summed E-state index contributed by atoms with van der Waals surface area (Å²) in [6.45, 7) is 2.27. The third-order valence-electron chi connectivity index (χ3n) is 5.47. The number of nitrogens with one attached hydrogen (secondary N) is 1. The molecule has 0 aliphatic carbocycles. The van der Waals surface area contributed by atoms with E-state index < -0.39 is 11.4 Å². The SMILES string of the molecule is CN(c1cccc2cc(C3=NCC(C(=O)N4CCCC4)S3)[nH]c12)[S+]([O-])c1cccs1. The van der Waals surface area contributed by atoms with Crippen LogP contribution in [0.2, 0.25) is 0 Å². The Kier molecular flexibility index (Phi) is 5.53. The Balaban J connectivity index is 1.38. The molecule has 0 radical (unpaired) electrons. The van der Waals surface area contributed by atoms with Crippen LogP contribution < -0.4 is 4.31 Å². The number of carbonyl (C=O) groups excluding carboxylic acids is 1. The van der Waals surface area contributed by atoms with Crippen LogP contribution in [0.25, 0.3) is 10.9 Å². The Labute approximate surface area is 186 Å². The van der Waals surface area contributed by atoms with Crippen molar-refractivity contribution in [3.8, 4) is 0 Å². The van der Waals surface area contributed by atoms with Gasteiger partial charge in [0.25, 0.3) is 0 Å². The summed E-state index contributed by atoms with van der Waals surface area (Å²) in [6, 6.07) is 11.8. The molecule has 2 atom stereocenters. The number of fused-ring (bicyclic) bond motifs is 1. The number of hydrogen-bond donors (Lipinski definition) is 1. The quantitative estimate of drug-likeness (QED) is 0.589. The predicted octanol–water partition coefficient (Wildman–Crippen LogP) is 3.87. The van der Waals surface area contributed by atoms with Gasteiger partial charge < -0.3 is 14.4 Å². The first kappa shape index (κ1) is 20.0. The first-order valence-corrected chi connectivity index (χ1v) is 12.8. The second-order valence-electron chi connectivity index (χ2n) is 7.39. The molecule has 156 valence electrons. The van der Waals surface area contributed by atoms with E-state index in [9.17, 15) is 9.35 Å². The molecule has 0 bridgehead atoms. The molecule has 2 aromatic heterocycles. The summed E-state index contributed by atoms with van der Waals surface area (Å²) in [5.41, 5.74) is 2.71. The summed E-state index contributed by atoms with van der Waals surface area (Å²) in [5.74, 6) is 0.208. The average molecular weight is 459 g/mol. The van der Waals surface area contributed by atoms with Gasteiger partial charge in [0, 0.05) is 24.5 Å². The van der Waals surface area contributed by atoms with Crippen molar-refractivity contribution in [1.29, 1.82) is 0 Å². The summed E-state index contributed by atoms with van der Waals surface area (Å²) < 4.78 is 15.5. The average Bonchev–Trinajstić information content (AvgIpc) is 3.57. The maximum absolute atomic E-state index is 12.9. The molecule has 2 aliphatic heterocycles. The summed E-state index contributed by atoms with van der Waals surface area (Å²) >= 11 is 1.77. The van der Waals surface area contributed by atoms with Crippen molar-refractivity contribution in [2.24, 2.45) is 4.99 Å². The summed E-state index contributed by atoms with van der Waals surface area (Å²) in [7, 11) is 1.84. The minimum atomic E-state index is -1.26. The molecule has 3 aromatic rings. The fourth-order valence-corrected chi connectivity index (χ4v) is 7.03. The first-order valence-electron chi connectivity index (χ1n) is 9.93. The van der Waals surface area contributed by atoms with Gasteiger partial charge in [-0.3, -0.25) is 9.79 Å². The lowest BCUT2D eigenvalue weighted by Crippen LogP contribution is -2.36. The molecule has 6 nitrogen and oxygen atoms in total. The summed E-state index contributed by atoms with van der Waals surface area (Å²) in [4.78, 5) is 22.8. The van der Waals surface area contributed by atoms with E-state index in [1.165, 1.54) is 11.3 Å². The molecular formula is C21H22N4O2S3. The van der Waals surface area contributed by atoms with E-state index in [4.69, 9.17) is 0 Å². The molecule has 1 fully saturated rings. The smallest absolute Gasteiger partial charge is 0.238 e. The zero-order valence-corrected chi connectivity index (χ0v) is 19.0. The molecule has 2 unspecified atom stereocenters. The van der Waals surface area contributed by atoms with E-state index in [-0.39, 0.29) is 11.2 Å². The van der Waals surface area contributed by atoms with Crippen molar-refractivity contribution < 1.29 is 9.35 Å². The number of aliphatic imine (C=N–C) groups is 1. The van der Waals surface area contributed by atoms with Crippen molar-refractivity contribution in [1.82, 2.24) is 9.88 Å². The Morgan fingerprint density at radius 2 is 2.13 bits per heavy atom. The molecule has 9 heteroatoms. The number of aromatic nitrogens is 1. The largest absolute Gasteiger partial charge is 0.587 e. The van der Waals surface area contributed by atoms with Crippen LogP contribution in [0.15, 0.2) is 51.0 Å². The van der Waals surface area contributed by atoms with Crippen LogP contribution in [0.3, 0.4) is 0 Å². The Bertz CT molecular complexity index is 1090. The number of thioether (sulfide) groups is 1. The van der Waals surface area contributed by atoms with Gasteiger partial charge in [-0.15, -0.1) is 0 Å². The minimum absolute atomic E-state index is 0.127. The molecule has 4 heterocycles. The topological polar surface area (TPSA) is 74.8 Å². The molecule has 1 aromatic carbocycles. The maximum atomic E-state index is 12.9. The van der Waals surface area contributed by atoms with Crippen LogP contribution in [-0.4, -0.2) is 57.3 Å². The number of anilines is 1. The monoisotopic (exact) mass is 458 g/mol. The standard InChI is InChI=1S/C21H22N4O2S3/c1-24(30(27)18-8-5-11-28-18)16-7-4-6-14-12-15(23-19(14)16)20-22-13-17(29-20)21(26)25-9-2-3-10-25/h4-8,11-12,17,23H,2-3,9-10,13H2,1H3. The maximum Gasteiger partial charge on any atom is 0.238 e. The number of H-pyrrole nitrogens is 1. The number of rotatable bonds is 5. The van der Waals surface area contributed by atoms with E-state index in [2.05, 4.69) is 16.0 Å². The van der Waals surface area contributed by atoms with Crippen molar-refractivity contribution >= 4 is 62.0 Å². The van der Waals surface area contributed by atoms with E-state index in [1.54, 1.807) is 16.1 Å². The van der Waals surface area contributed by atoms with Crippen LogP contribution in [-0.2, 0) is 16.2 Å². The highest BCUT2D eigenvalue weighted by Gasteiger charge is 2.32. The fourth-order valence-electron chi connectivity index (χ4n) is 3.90. The van der Waals surface area contributed by atoms with Crippen LogP contribution in [0.4, 0.5) is 5.69 Å².